The Labute approximate surface area is 214 Å². The van der Waals surface area contributed by atoms with E-state index in [1.54, 1.807) is 25.6 Å². The molecule has 1 spiro atoms. The number of primary amides is 1. The number of carbonyl (C=O) groups is 4. The Kier molecular flexibility index (Phi) is 5.94. The van der Waals surface area contributed by atoms with Gasteiger partial charge in [0.25, 0.3) is 5.91 Å². The fraction of sp³-hybridized carbons (Fsp3) is 0.407. The van der Waals surface area contributed by atoms with E-state index in [2.05, 4.69) is 5.32 Å². The van der Waals surface area contributed by atoms with Gasteiger partial charge in [-0.25, -0.2) is 0 Å². The Bertz CT molecular complexity index is 1340. The molecule has 0 radical (unpaired) electrons. The van der Waals surface area contributed by atoms with Crippen LogP contribution in [-0.4, -0.2) is 55.3 Å². The van der Waals surface area contributed by atoms with E-state index in [0.717, 1.165) is 16.7 Å². The second-order valence-electron chi connectivity index (χ2n) is 10.0. The molecule has 0 aliphatic carbocycles. The van der Waals surface area contributed by atoms with E-state index >= 15 is 0 Å². The minimum absolute atomic E-state index is 0.112. The molecule has 2 saturated heterocycles. The zero-order chi connectivity index (χ0) is 26.6. The van der Waals surface area contributed by atoms with Crippen molar-refractivity contribution in [3.63, 3.8) is 0 Å². The minimum atomic E-state index is -1.33. The number of hydrogen-bond acceptors (Lipinski definition) is 6. The number of nitrogens with one attached hydrogen (secondary N) is 1. The van der Waals surface area contributed by atoms with Crippen molar-refractivity contribution >= 4 is 29.3 Å². The third-order valence-corrected chi connectivity index (χ3v) is 8.18. The van der Waals surface area contributed by atoms with Crippen LogP contribution >= 0.6 is 0 Å². The number of fused-ring (bicyclic) bond motifs is 4. The number of quaternary nitrogens is 1. The van der Waals surface area contributed by atoms with Crippen LogP contribution in [0.25, 0.3) is 0 Å². The smallest absolute Gasteiger partial charge is 0.291 e. The van der Waals surface area contributed by atoms with E-state index in [4.69, 9.17) is 15.2 Å². The summed E-state index contributed by atoms with van der Waals surface area (Å²) in [6.07, 6.45) is 0.286. The predicted octanol–water partition coefficient (Wildman–Crippen LogP) is 0.133. The van der Waals surface area contributed by atoms with Crippen molar-refractivity contribution in [2.75, 3.05) is 26.1 Å². The Hall–Kier alpha value is -3.92. The van der Waals surface area contributed by atoms with Crippen LogP contribution in [0.1, 0.15) is 28.7 Å². The molecule has 37 heavy (non-hydrogen) atoms. The Morgan fingerprint density at radius 1 is 1.08 bits per heavy atom. The zero-order valence-corrected chi connectivity index (χ0v) is 21.3. The highest BCUT2D eigenvalue weighted by molar-refractivity contribution is 6.14. The highest BCUT2D eigenvalue weighted by Crippen LogP contribution is 2.50. The lowest BCUT2D eigenvalue weighted by Gasteiger charge is -2.26. The van der Waals surface area contributed by atoms with Crippen molar-refractivity contribution in [1.82, 2.24) is 4.90 Å². The SMILES string of the molecule is COc1ccc(CCN2C(=O)[C@H]3[C@@H](C2=O)[C@]2([NH2+][C@@H]3CC(N)=O)C(=O)Nc3c2ccc(C)c3C)cc1OC. The van der Waals surface area contributed by atoms with Crippen LogP contribution in [-0.2, 0) is 31.1 Å². The number of anilines is 1. The molecule has 0 bridgehead atoms. The van der Waals surface area contributed by atoms with E-state index in [9.17, 15) is 19.2 Å². The minimum Gasteiger partial charge on any atom is -0.493 e. The lowest BCUT2D eigenvalue weighted by Crippen LogP contribution is -2.99. The maximum Gasteiger partial charge on any atom is 0.291 e. The lowest BCUT2D eigenvalue weighted by molar-refractivity contribution is -0.732. The normalized spacial score (nSPS) is 25.9. The summed E-state index contributed by atoms with van der Waals surface area (Å²) in [5.74, 6) is -2.34. The van der Waals surface area contributed by atoms with Gasteiger partial charge in [-0.3, -0.25) is 24.1 Å². The summed E-state index contributed by atoms with van der Waals surface area (Å²) < 4.78 is 10.6. The Morgan fingerprint density at radius 2 is 1.81 bits per heavy atom. The summed E-state index contributed by atoms with van der Waals surface area (Å²) in [5.41, 5.74) is 8.31. The van der Waals surface area contributed by atoms with Crippen LogP contribution in [0, 0.1) is 25.7 Å². The van der Waals surface area contributed by atoms with Gasteiger partial charge in [0.1, 0.15) is 17.9 Å². The molecule has 0 saturated carbocycles. The molecule has 0 unspecified atom stereocenters. The van der Waals surface area contributed by atoms with Crippen molar-refractivity contribution in [2.24, 2.45) is 17.6 Å². The quantitative estimate of drug-likeness (QED) is 0.455. The molecule has 194 valence electrons. The van der Waals surface area contributed by atoms with Gasteiger partial charge in [0.2, 0.25) is 23.3 Å². The first kappa shape index (κ1) is 24.8. The summed E-state index contributed by atoms with van der Waals surface area (Å²) >= 11 is 0. The first-order valence-electron chi connectivity index (χ1n) is 12.3. The highest BCUT2D eigenvalue weighted by Gasteiger charge is 2.74. The van der Waals surface area contributed by atoms with Gasteiger partial charge in [0, 0.05) is 12.1 Å². The van der Waals surface area contributed by atoms with Crippen LogP contribution in [0.15, 0.2) is 30.3 Å². The summed E-state index contributed by atoms with van der Waals surface area (Å²) in [7, 11) is 3.09. The second kappa shape index (κ2) is 8.88. The van der Waals surface area contributed by atoms with Gasteiger partial charge in [0.05, 0.1) is 26.3 Å². The number of aryl methyl sites for hydroxylation is 1. The number of hydrogen-bond donors (Lipinski definition) is 3. The Balaban J connectivity index is 1.51. The first-order valence-corrected chi connectivity index (χ1v) is 12.3. The fourth-order valence-corrected chi connectivity index (χ4v) is 6.26. The van der Waals surface area contributed by atoms with Crippen LogP contribution in [0.5, 0.6) is 11.5 Å². The number of carbonyl (C=O) groups excluding carboxylic acids is 4. The molecule has 3 heterocycles. The summed E-state index contributed by atoms with van der Waals surface area (Å²) in [6, 6.07) is 8.57. The molecule has 5 rings (SSSR count). The molecule has 3 aliphatic rings. The monoisotopic (exact) mass is 507 g/mol. The maximum absolute atomic E-state index is 13.9. The number of amides is 4. The summed E-state index contributed by atoms with van der Waals surface area (Å²) in [5, 5.41) is 4.69. The lowest BCUT2D eigenvalue weighted by atomic mass is 9.76. The van der Waals surface area contributed by atoms with E-state index in [0.29, 0.717) is 29.2 Å². The van der Waals surface area contributed by atoms with Gasteiger partial charge in [0.15, 0.2) is 11.5 Å². The number of ether oxygens (including phenoxy) is 2. The van der Waals surface area contributed by atoms with Crippen molar-refractivity contribution in [3.8, 4) is 11.5 Å². The molecule has 5 N–H and O–H groups in total. The first-order chi connectivity index (χ1) is 17.6. The molecule has 3 aliphatic heterocycles. The van der Waals surface area contributed by atoms with Crippen LogP contribution in [0.2, 0.25) is 0 Å². The maximum atomic E-state index is 13.9. The van der Waals surface area contributed by atoms with Gasteiger partial charge in [-0.05, 0) is 55.2 Å². The third kappa shape index (κ3) is 3.58. The number of nitrogens with zero attached hydrogens (tertiary/aromatic N) is 1. The molecule has 10 nitrogen and oxygen atoms in total. The second-order valence-corrected chi connectivity index (χ2v) is 10.0. The van der Waals surface area contributed by atoms with Crippen LogP contribution < -0.4 is 25.8 Å². The van der Waals surface area contributed by atoms with E-state index < -0.39 is 35.2 Å². The van der Waals surface area contributed by atoms with Gasteiger partial charge >= 0.3 is 0 Å². The number of methoxy groups -OCH3 is 2. The average Bonchev–Trinajstić information content (AvgIpc) is 3.44. The predicted molar refractivity (Wildman–Crippen MR) is 133 cm³/mol. The molecule has 2 fully saturated rings. The highest BCUT2D eigenvalue weighted by atomic mass is 16.5. The number of imide groups is 1. The van der Waals surface area contributed by atoms with Gasteiger partial charge in [-0.1, -0.05) is 12.1 Å². The third-order valence-electron chi connectivity index (χ3n) is 8.18. The van der Waals surface area contributed by atoms with Crippen LogP contribution in [0.4, 0.5) is 5.69 Å². The molecule has 2 aromatic rings. The molecular formula is C27H31N4O6+. The molecule has 4 amide bonds. The summed E-state index contributed by atoms with van der Waals surface area (Å²) in [4.78, 5) is 54.3. The largest absolute Gasteiger partial charge is 0.493 e. The molecule has 0 aromatic heterocycles. The van der Waals surface area contributed by atoms with Crippen molar-refractivity contribution in [2.45, 2.75) is 38.3 Å². The molecule has 10 heteroatoms. The van der Waals surface area contributed by atoms with Gasteiger partial charge < -0.3 is 25.8 Å². The van der Waals surface area contributed by atoms with Gasteiger partial charge in [-0.2, -0.15) is 0 Å². The number of rotatable bonds is 7. The van der Waals surface area contributed by atoms with Crippen molar-refractivity contribution in [1.29, 1.82) is 0 Å². The number of nitrogens with two attached hydrogens (primary N) is 2. The molecular weight excluding hydrogens is 476 g/mol. The zero-order valence-electron chi connectivity index (χ0n) is 21.3. The van der Waals surface area contributed by atoms with E-state index in [1.807, 2.05) is 38.1 Å². The van der Waals surface area contributed by atoms with E-state index in [-0.39, 0.29) is 24.8 Å². The van der Waals surface area contributed by atoms with Crippen molar-refractivity contribution in [3.05, 3.63) is 52.6 Å². The molecule has 2 aromatic carbocycles. The topological polar surface area (TPSA) is 145 Å². The Morgan fingerprint density at radius 3 is 2.49 bits per heavy atom. The number of likely N-dealkylation sites (tertiary alicyclic amines) is 1. The molecule has 4 atom stereocenters. The van der Waals surface area contributed by atoms with Crippen molar-refractivity contribution < 1.29 is 34.0 Å². The van der Waals surface area contributed by atoms with Crippen LogP contribution in [0.3, 0.4) is 0 Å². The average molecular weight is 508 g/mol. The summed E-state index contributed by atoms with van der Waals surface area (Å²) in [6.45, 7) is 4.00. The standard InChI is InChI=1S/C27H30N4O6/c1-13-5-7-16-23(14(13)2)29-26(35)27(16)22-21(17(30-27)12-20(28)32)24(33)31(25(22)34)10-9-15-6-8-18(36-3)19(11-15)37-4/h5-8,11,17,21-22,30H,9-10,12H2,1-4H3,(H2,28,32)(H,29,35)/p+1/t17-,21-,22+,27+/m1/s1. The fourth-order valence-electron chi connectivity index (χ4n) is 6.26. The van der Waals surface area contributed by atoms with E-state index in [1.165, 1.54) is 4.90 Å². The van der Waals surface area contributed by atoms with Gasteiger partial charge in [-0.15, -0.1) is 0 Å². The number of benzene rings is 2.